The quantitative estimate of drug-likeness (QED) is 0.793. The molecule has 0 saturated carbocycles. The Balaban J connectivity index is 2.24. The highest BCUT2D eigenvalue weighted by Crippen LogP contribution is 2.24. The summed E-state index contributed by atoms with van der Waals surface area (Å²) >= 11 is 3.49. The minimum Gasteiger partial charge on any atom is -0.328 e. The van der Waals surface area contributed by atoms with Crippen LogP contribution in [0.4, 0.5) is 0 Å². The highest BCUT2D eigenvalue weighted by molar-refractivity contribution is 9.10. The van der Waals surface area contributed by atoms with E-state index < -0.39 is 0 Å². The van der Waals surface area contributed by atoms with Gasteiger partial charge in [0.2, 0.25) is 0 Å². The SMILES string of the molecule is NC1CCn2c(nc3ccc(Br)cc32)C1. The summed E-state index contributed by atoms with van der Waals surface area (Å²) in [5, 5.41) is 0. The van der Waals surface area contributed by atoms with Gasteiger partial charge in [-0.15, -0.1) is 0 Å². The van der Waals surface area contributed by atoms with Crippen LogP contribution in [0.25, 0.3) is 11.0 Å². The molecule has 15 heavy (non-hydrogen) atoms. The summed E-state index contributed by atoms with van der Waals surface area (Å²) in [5.41, 5.74) is 8.22. The number of benzene rings is 1. The van der Waals surface area contributed by atoms with Crippen molar-refractivity contribution in [3.63, 3.8) is 0 Å². The normalized spacial score (nSPS) is 20.5. The van der Waals surface area contributed by atoms with Crippen LogP contribution in [0.2, 0.25) is 0 Å². The molecule has 0 radical (unpaired) electrons. The maximum absolute atomic E-state index is 5.94. The van der Waals surface area contributed by atoms with Crippen molar-refractivity contribution >= 4 is 27.0 Å². The molecule has 2 aromatic rings. The van der Waals surface area contributed by atoms with Gasteiger partial charge in [-0.05, 0) is 24.6 Å². The summed E-state index contributed by atoms with van der Waals surface area (Å²) in [6.07, 6.45) is 1.94. The highest BCUT2D eigenvalue weighted by Gasteiger charge is 2.19. The number of rotatable bonds is 0. The summed E-state index contributed by atoms with van der Waals surface area (Å²) < 4.78 is 3.39. The van der Waals surface area contributed by atoms with Crippen molar-refractivity contribution in [2.24, 2.45) is 5.73 Å². The first-order valence-corrected chi connectivity index (χ1v) is 5.93. The summed E-state index contributed by atoms with van der Waals surface area (Å²) in [7, 11) is 0. The van der Waals surface area contributed by atoms with Crippen LogP contribution in [-0.2, 0) is 13.0 Å². The van der Waals surface area contributed by atoms with Gasteiger partial charge in [-0.2, -0.15) is 0 Å². The van der Waals surface area contributed by atoms with E-state index in [1.165, 1.54) is 5.52 Å². The molecule has 0 fully saturated rings. The van der Waals surface area contributed by atoms with Gasteiger partial charge in [0.15, 0.2) is 0 Å². The predicted molar refractivity (Wildman–Crippen MR) is 63.7 cm³/mol. The number of halogens is 1. The number of hydrogen-bond donors (Lipinski definition) is 1. The number of aromatic nitrogens is 2. The minimum atomic E-state index is 0.276. The molecule has 2 N–H and O–H groups in total. The van der Waals surface area contributed by atoms with Gasteiger partial charge < -0.3 is 10.3 Å². The third-order valence-corrected chi connectivity index (χ3v) is 3.45. The van der Waals surface area contributed by atoms with Crippen molar-refractivity contribution in [3.05, 3.63) is 28.5 Å². The summed E-state index contributed by atoms with van der Waals surface area (Å²) in [4.78, 5) is 4.61. The minimum absolute atomic E-state index is 0.276. The second kappa shape index (κ2) is 3.32. The van der Waals surface area contributed by atoms with Gasteiger partial charge in [-0.3, -0.25) is 0 Å². The van der Waals surface area contributed by atoms with Crippen molar-refractivity contribution in [1.29, 1.82) is 0 Å². The van der Waals surface area contributed by atoms with Crippen LogP contribution in [-0.4, -0.2) is 15.6 Å². The van der Waals surface area contributed by atoms with Gasteiger partial charge in [-0.1, -0.05) is 15.9 Å². The van der Waals surface area contributed by atoms with Crippen molar-refractivity contribution in [3.8, 4) is 0 Å². The van der Waals surface area contributed by atoms with Gasteiger partial charge in [0.25, 0.3) is 0 Å². The smallest absolute Gasteiger partial charge is 0.111 e. The fourth-order valence-corrected chi connectivity index (χ4v) is 2.53. The molecule has 3 rings (SSSR count). The van der Waals surface area contributed by atoms with E-state index >= 15 is 0 Å². The van der Waals surface area contributed by atoms with Gasteiger partial charge in [-0.25, -0.2) is 4.98 Å². The van der Waals surface area contributed by atoms with Gasteiger partial charge in [0, 0.05) is 23.5 Å². The Hall–Kier alpha value is -0.870. The maximum atomic E-state index is 5.94. The van der Waals surface area contributed by atoms with Gasteiger partial charge in [0.05, 0.1) is 11.0 Å². The van der Waals surface area contributed by atoms with Crippen LogP contribution in [0.15, 0.2) is 22.7 Å². The zero-order valence-corrected chi connectivity index (χ0v) is 9.87. The molecule has 1 aromatic heterocycles. The van der Waals surface area contributed by atoms with E-state index in [1.807, 2.05) is 6.07 Å². The van der Waals surface area contributed by atoms with Gasteiger partial charge >= 0.3 is 0 Å². The van der Waals surface area contributed by atoms with E-state index in [2.05, 4.69) is 37.6 Å². The Labute approximate surface area is 96.4 Å². The lowest BCUT2D eigenvalue weighted by molar-refractivity contribution is 0.471. The molecule has 1 aromatic carbocycles. The molecule has 2 heterocycles. The zero-order chi connectivity index (χ0) is 10.4. The van der Waals surface area contributed by atoms with Crippen molar-refractivity contribution in [2.45, 2.75) is 25.4 Å². The Morgan fingerprint density at radius 2 is 2.33 bits per heavy atom. The van der Waals surface area contributed by atoms with E-state index in [9.17, 15) is 0 Å². The van der Waals surface area contributed by atoms with Crippen LogP contribution in [0.1, 0.15) is 12.2 Å². The van der Waals surface area contributed by atoms with Crippen molar-refractivity contribution in [1.82, 2.24) is 9.55 Å². The summed E-state index contributed by atoms with van der Waals surface area (Å²) in [5.74, 6) is 1.13. The molecule has 0 aliphatic carbocycles. The zero-order valence-electron chi connectivity index (χ0n) is 8.28. The molecule has 4 heteroatoms. The molecule has 0 spiro atoms. The lowest BCUT2D eigenvalue weighted by atomic mass is 10.1. The molecule has 1 unspecified atom stereocenters. The number of fused-ring (bicyclic) bond motifs is 3. The second-order valence-electron chi connectivity index (χ2n) is 4.07. The largest absolute Gasteiger partial charge is 0.328 e. The molecule has 0 bridgehead atoms. The van der Waals surface area contributed by atoms with Crippen molar-refractivity contribution in [2.75, 3.05) is 0 Å². The molecule has 1 atom stereocenters. The monoisotopic (exact) mass is 265 g/mol. The lowest BCUT2D eigenvalue weighted by Gasteiger charge is -2.19. The fourth-order valence-electron chi connectivity index (χ4n) is 2.18. The topological polar surface area (TPSA) is 43.8 Å². The Morgan fingerprint density at radius 3 is 3.20 bits per heavy atom. The third-order valence-electron chi connectivity index (χ3n) is 2.96. The van der Waals surface area contributed by atoms with Crippen LogP contribution < -0.4 is 5.73 Å². The van der Waals surface area contributed by atoms with Crippen LogP contribution in [0, 0.1) is 0 Å². The summed E-state index contributed by atoms with van der Waals surface area (Å²) in [6, 6.07) is 6.48. The van der Waals surface area contributed by atoms with Crippen LogP contribution in [0.5, 0.6) is 0 Å². The Kier molecular flexibility index (Phi) is 2.07. The molecule has 0 amide bonds. The maximum Gasteiger partial charge on any atom is 0.111 e. The number of nitrogens with two attached hydrogens (primary N) is 1. The average molecular weight is 266 g/mol. The summed E-state index contributed by atoms with van der Waals surface area (Å²) in [6.45, 7) is 0.990. The Morgan fingerprint density at radius 1 is 1.47 bits per heavy atom. The van der Waals surface area contributed by atoms with E-state index in [-0.39, 0.29) is 6.04 Å². The number of imidazole rings is 1. The van der Waals surface area contributed by atoms with Gasteiger partial charge in [0.1, 0.15) is 5.82 Å². The lowest BCUT2D eigenvalue weighted by Crippen LogP contribution is -2.30. The highest BCUT2D eigenvalue weighted by atomic mass is 79.9. The first-order chi connectivity index (χ1) is 7.24. The molecular weight excluding hydrogens is 254 g/mol. The molecular formula is C11H12BrN3. The standard InChI is InChI=1S/C11H12BrN3/c12-7-1-2-9-10(5-7)15-4-3-8(13)6-11(15)14-9/h1-2,5,8H,3-4,6,13H2. The molecule has 1 aliphatic heterocycles. The number of nitrogens with zero attached hydrogens (tertiary/aromatic N) is 2. The van der Waals surface area contributed by atoms with E-state index in [0.29, 0.717) is 0 Å². The first kappa shape index (κ1) is 9.36. The van der Waals surface area contributed by atoms with Crippen LogP contribution in [0.3, 0.4) is 0 Å². The third kappa shape index (κ3) is 1.48. The molecule has 3 nitrogen and oxygen atoms in total. The van der Waals surface area contributed by atoms with E-state index in [1.54, 1.807) is 0 Å². The van der Waals surface area contributed by atoms with E-state index in [0.717, 1.165) is 35.2 Å². The molecule has 78 valence electrons. The Bertz CT molecular complexity index is 518. The molecule has 0 saturated heterocycles. The first-order valence-electron chi connectivity index (χ1n) is 5.14. The predicted octanol–water partition coefficient (Wildman–Crippen LogP) is 2.07. The second-order valence-corrected chi connectivity index (χ2v) is 4.98. The average Bonchev–Trinajstić information content (AvgIpc) is 2.54. The van der Waals surface area contributed by atoms with Crippen LogP contribution >= 0.6 is 15.9 Å². The van der Waals surface area contributed by atoms with Crippen molar-refractivity contribution < 1.29 is 0 Å². The number of aryl methyl sites for hydroxylation is 1. The fraction of sp³-hybridized carbons (Fsp3) is 0.364. The number of hydrogen-bond acceptors (Lipinski definition) is 2. The molecule has 1 aliphatic rings. The van der Waals surface area contributed by atoms with E-state index in [4.69, 9.17) is 5.73 Å².